The fraction of sp³-hybridized carbons (Fsp3) is 0.350. The summed E-state index contributed by atoms with van der Waals surface area (Å²) in [5.41, 5.74) is 2.89. The smallest absolute Gasteiger partial charge is 0.228 e. The molecule has 1 aliphatic heterocycles. The Balaban J connectivity index is 1.63. The molecule has 2 aromatic carbocycles. The van der Waals surface area contributed by atoms with Crippen LogP contribution in [0.1, 0.15) is 24.0 Å². The fourth-order valence-corrected chi connectivity index (χ4v) is 3.77. The molecule has 138 valence electrons. The zero-order chi connectivity index (χ0) is 18.7. The molecule has 1 atom stereocenters. The van der Waals surface area contributed by atoms with E-state index in [0.717, 1.165) is 49.3 Å². The molecule has 1 unspecified atom stereocenters. The van der Waals surface area contributed by atoms with Crippen LogP contribution in [-0.4, -0.2) is 23.9 Å². The number of carbonyl (C=O) groups is 1. The average molecular weight is 412 g/mol. The largest absolute Gasteiger partial charge is 0.326 e. The molecular weight excluding hydrogens is 391 g/mol. The maximum absolute atomic E-state index is 12.7. The number of aryl methyl sites for hydroxylation is 1. The second kappa shape index (κ2) is 8.62. The minimum atomic E-state index is -0.0371. The van der Waals surface area contributed by atoms with Gasteiger partial charge in [0.2, 0.25) is 5.91 Å². The maximum atomic E-state index is 12.7. The summed E-state index contributed by atoms with van der Waals surface area (Å²) >= 11 is 18.1. The van der Waals surface area contributed by atoms with Gasteiger partial charge in [0, 0.05) is 23.8 Å². The predicted molar refractivity (Wildman–Crippen MR) is 109 cm³/mol. The zero-order valence-electron chi connectivity index (χ0n) is 14.6. The molecular formula is C20H21Cl3N2O. The standard InChI is InChI=1S/C20H21Cl3N2O/c1-13-4-6-16(21)10-19(13)24-20(26)15-3-2-8-25(12-15)11-14-5-7-17(22)18(23)9-14/h4-7,9-10,15H,2-3,8,11-12H2,1H3,(H,24,26). The number of amides is 1. The number of hydrogen-bond donors (Lipinski definition) is 1. The van der Waals surface area contributed by atoms with Crippen LogP contribution in [0.3, 0.4) is 0 Å². The predicted octanol–water partition coefficient (Wildman–Crippen LogP) is 5.81. The lowest BCUT2D eigenvalue weighted by atomic mass is 9.96. The molecule has 1 fully saturated rings. The van der Waals surface area contributed by atoms with Gasteiger partial charge in [0.1, 0.15) is 0 Å². The summed E-state index contributed by atoms with van der Waals surface area (Å²) in [7, 11) is 0. The minimum Gasteiger partial charge on any atom is -0.326 e. The topological polar surface area (TPSA) is 32.3 Å². The Morgan fingerprint density at radius 2 is 1.96 bits per heavy atom. The van der Waals surface area contributed by atoms with Gasteiger partial charge in [-0.3, -0.25) is 9.69 Å². The summed E-state index contributed by atoms with van der Waals surface area (Å²) in [5.74, 6) is 0.0131. The van der Waals surface area contributed by atoms with Crippen LogP contribution in [0.2, 0.25) is 15.1 Å². The van der Waals surface area contributed by atoms with Crippen molar-refractivity contribution in [2.75, 3.05) is 18.4 Å². The van der Waals surface area contributed by atoms with Crippen molar-refractivity contribution in [1.29, 1.82) is 0 Å². The van der Waals surface area contributed by atoms with Crippen molar-refractivity contribution in [3.8, 4) is 0 Å². The van der Waals surface area contributed by atoms with Gasteiger partial charge in [0.25, 0.3) is 0 Å². The second-order valence-electron chi connectivity index (χ2n) is 6.77. The van der Waals surface area contributed by atoms with Gasteiger partial charge in [-0.05, 0) is 61.7 Å². The number of nitrogens with one attached hydrogen (secondary N) is 1. The maximum Gasteiger partial charge on any atom is 0.228 e. The first-order valence-electron chi connectivity index (χ1n) is 8.65. The summed E-state index contributed by atoms with van der Waals surface area (Å²) in [6.07, 6.45) is 1.89. The molecule has 0 aliphatic carbocycles. The Kier molecular flexibility index (Phi) is 6.46. The van der Waals surface area contributed by atoms with Gasteiger partial charge in [-0.25, -0.2) is 0 Å². The van der Waals surface area contributed by atoms with E-state index in [1.807, 2.05) is 37.3 Å². The molecule has 0 saturated carbocycles. The number of likely N-dealkylation sites (tertiary alicyclic amines) is 1. The van der Waals surface area contributed by atoms with Crippen molar-refractivity contribution in [2.24, 2.45) is 5.92 Å². The van der Waals surface area contributed by atoms with Gasteiger partial charge < -0.3 is 5.32 Å². The van der Waals surface area contributed by atoms with E-state index >= 15 is 0 Å². The molecule has 0 aromatic heterocycles. The Bertz CT molecular complexity index is 810. The summed E-state index contributed by atoms with van der Waals surface area (Å²) in [6, 6.07) is 11.2. The van der Waals surface area contributed by atoms with Crippen molar-refractivity contribution >= 4 is 46.4 Å². The van der Waals surface area contributed by atoms with Crippen LogP contribution in [0.5, 0.6) is 0 Å². The van der Waals surface area contributed by atoms with E-state index in [0.29, 0.717) is 15.1 Å². The molecule has 0 bridgehead atoms. The summed E-state index contributed by atoms with van der Waals surface area (Å²) in [4.78, 5) is 15.0. The van der Waals surface area contributed by atoms with Gasteiger partial charge in [0.05, 0.1) is 16.0 Å². The van der Waals surface area contributed by atoms with Gasteiger partial charge in [-0.15, -0.1) is 0 Å². The second-order valence-corrected chi connectivity index (χ2v) is 8.02. The van der Waals surface area contributed by atoms with E-state index in [-0.39, 0.29) is 11.8 Å². The van der Waals surface area contributed by atoms with Crippen LogP contribution >= 0.6 is 34.8 Å². The quantitative estimate of drug-likeness (QED) is 0.689. The minimum absolute atomic E-state index is 0.0371. The Labute approximate surface area is 169 Å². The number of benzene rings is 2. The summed E-state index contributed by atoms with van der Waals surface area (Å²) < 4.78 is 0. The number of hydrogen-bond acceptors (Lipinski definition) is 2. The third-order valence-electron chi connectivity index (χ3n) is 4.72. The van der Waals surface area contributed by atoms with Crippen LogP contribution in [0, 0.1) is 12.8 Å². The van der Waals surface area contributed by atoms with E-state index in [4.69, 9.17) is 34.8 Å². The fourth-order valence-electron chi connectivity index (χ4n) is 3.27. The third-order valence-corrected chi connectivity index (χ3v) is 5.70. The third kappa shape index (κ3) is 4.92. The van der Waals surface area contributed by atoms with Crippen molar-refractivity contribution in [3.05, 3.63) is 62.6 Å². The van der Waals surface area contributed by atoms with Gasteiger partial charge in [-0.2, -0.15) is 0 Å². The molecule has 3 nitrogen and oxygen atoms in total. The number of rotatable bonds is 4. The van der Waals surface area contributed by atoms with Gasteiger partial charge in [-0.1, -0.05) is 46.9 Å². The Morgan fingerprint density at radius 1 is 1.15 bits per heavy atom. The van der Waals surface area contributed by atoms with Crippen LogP contribution in [0.25, 0.3) is 0 Å². The number of piperidine rings is 1. The highest BCUT2D eigenvalue weighted by atomic mass is 35.5. The van der Waals surface area contributed by atoms with E-state index in [2.05, 4.69) is 10.2 Å². The van der Waals surface area contributed by atoms with Crippen LogP contribution in [0.4, 0.5) is 5.69 Å². The van der Waals surface area contributed by atoms with Crippen LogP contribution in [0.15, 0.2) is 36.4 Å². The van der Waals surface area contributed by atoms with E-state index in [1.165, 1.54) is 0 Å². The molecule has 0 spiro atoms. The van der Waals surface area contributed by atoms with E-state index in [9.17, 15) is 4.79 Å². The molecule has 1 N–H and O–H groups in total. The molecule has 1 saturated heterocycles. The first-order valence-corrected chi connectivity index (χ1v) is 9.79. The molecule has 26 heavy (non-hydrogen) atoms. The first kappa shape index (κ1) is 19.5. The molecule has 3 rings (SSSR count). The highest BCUT2D eigenvalue weighted by Gasteiger charge is 2.26. The first-order chi connectivity index (χ1) is 12.4. The van der Waals surface area contributed by atoms with Crippen LogP contribution in [-0.2, 0) is 11.3 Å². The van der Waals surface area contributed by atoms with Crippen molar-refractivity contribution < 1.29 is 4.79 Å². The Morgan fingerprint density at radius 3 is 2.73 bits per heavy atom. The summed E-state index contributed by atoms with van der Waals surface area (Å²) in [6.45, 7) is 4.42. The van der Waals surface area contributed by atoms with Crippen LogP contribution < -0.4 is 5.32 Å². The lowest BCUT2D eigenvalue weighted by Crippen LogP contribution is -2.40. The molecule has 1 aliphatic rings. The summed E-state index contributed by atoms with van der Waals surface area (Å²) in [5, 5.41) is 4.77. The Hall–Kier alpha value is -1.26. The molecule has 1 amide bonds. The molecule has 6 heteroatoms. The van der Waals surface area contributed by atoms with E-state index in [1.54, 1.807) is 6.07 Å². The molecule has 2 aromatic rings. The monoisotopic (exact) mass is 410 g/mol. The number of nitrogens with zero attached hydrogens (tertiary/aromatic N) is 1. The molecule has 1 heterocycles. The van der Waals surface area contributed by atoms with Crippen molar-refractivity contribution in [2.45, 2.75) is 26.3 Å². The number of anilines is 1. The zero-order valence-corrected chi connectivity index (χ0v) is 16.8. The normalized spacial score (nSPS) is 17.9. The van der Waals surface area contributed by atoms with Gasteiger partial charge >= 0.3 is 0 Å². The lowest BCUT2D eigenvalue weighted by Gasteiger charge is -2.32. The molecule has 0 radical (unpaired) electrons. The lowest BCUT2D eigenvalue weighted by molar-refractivity contribution is -0.121. The number of carbonyl (C=O) groups excluding carboxylic acids is 1. The van der Waals surface area contributed by atoms with Gasteiger partial charge in [0.15, 0.2) is 0 Å². The number of halogens is 3. The highest BCUT2D eigenvalue weighted by molar-refractivity contribution is 6.42. The van der Waals surface area contributed by atoms with E-state index < -0.39 is 0 Å². The van der Waals surface area contributed by atoms with Crippen molar-refractivity contribution in [1.82, 2.24) is 4.90 Å². The SMILES string of the molecule is Cc1ccc(Cl)cc1NC(=O)C1CCCN(Cc2ccc(Cl)c(Cl)c2)C1. The average Bonchev–Trinajstić information content (AvgIpc) is 2.61. The highest BCUT2D eigenvalue weighted by Crippen LogP contribution is 2.26. The van der Waals surface area contributed by atoms with Crippen molar-refractivity contribution in [3.63, 3.8) is 0 Å².